The fourth-order valence-electron chi connectivity index (χ4n) is 5.12. The number of carboxylic acids is 1. The Morgan fingerprint density at radius 3 is 2.35 bits per heavy atom. The molecule has 1 fully saturated rings. The molecule has 2 unspecified atom stereocenters. The largest absolute Gasteiger partial charge is 0.481 e. The zero-order valence-corrected chi connectivity index (χ0v) is 19.5. The van der Waals surface area contributed by atoms with Crippen molar-refractivity contribution in [3.63, 3.8) is 0 Å². The van der Waals surface area contributed by atoms with Gasteiger partial charge in [0.2, 0.25) is 5.91 Å². The molecule has 0 radical (unpaired) electrons. The summed E-state index contributed by atoms with van der Waals surface area (Å²) in [5.41, 5.74) is 4.67. The average Bonchev–Trinajstić information content (AvgIpc) is 3.45. The number of likely N-dealkylation sites (tertiary alicyclic amines) is 1. The molecule has 2 atom stereocenters. The third kappa shape index (κ3) is 5.24. The van der Waals surface area contributed by atoms with Crippen LogP contribution in [0.3, 0.4) is 0 Å². The molecule has 0 aromatic heterocycles. The van der Waals surface area contributed by atoms with Gasteiger partial charge in [0, 0.05) is 32.0 Å². The van der Waals surface area contributed by atoms with Crippen molar-refractivity contribution in [2.45, 2.75) is 38.5 Å². The lowest BCUT2D eigenvalue weighted by atomic mass is 9.98. The lowest BCUT2D eigenvalue weighted by Gasteiger charge is -2.23. The molecule has 2 aromatic carbocycles. The van der Waals surface area contributed by atoms with Gasteiger partial charge in [0.15, 0.2) is 0 Å². The van der Waals surface area contributed by atoms with Crippen molar-refractivity contribution in [3.8, 4) is 11.1 Å². The van der Waals surface area contributed by atoms with E-state index in [1.54, 1.807) is 4.90 Å². The van der Waals surface area contributed by atoms with E-state index in [9.17, 15) is 14.4 Å². The first-order valence-electron chi connectivity index (χ1n) is 12.1. The van der Waals surface area contributed by atoms with E-state index in [2.05, 4.69) is 29.6 Å². The number of carboxylic acid groups (broad SMARTS) is 1. The molecule has 7 nitrogen and oxygen atoms in total. The van der Waals surface area contributed by atoms with Crippen LogP contribution in [0.4, 0.5) is 4.79 Å². The standard InChI is InChI=1S/C27H32N2O5/c1-2-19(26(32)29-14-13-18(16-29)11-12-25(30)31)15-28-27(33)34-17-24-22-9-5-3-7-20(22)21-8-4-6-10-23(21)24/h3-10,18-19,24H,2,11-17H2,1H3,(H,28,33)(H,30,31). The number of nitrogens with zero attached hydrogens (tertiary/aromatic N) is 1. The lowest BCUT2D eigenvalue weighted by molar-refractivity contribution is -0.137. The summed E-state index contributed by atoms with van der Waals surface area (Å²) in [6, 6.07) is 16.4. The minimum Gasteiger partial charge on any atom is -0.481 e. The summed E-state index contributed by atoms with van der Waals surface area (Å²) in [5, 5.41) is 11.6. The second kappa shape index (κ2) is 10.7. The molecule has 2 aromatic rings. The topological polar surface area (TPSA) is 95.9 Å². The van der Waals surface area contributed by atoms with E-state index in [0.29, 0.717) is 25.9 Å². The van der Waals surface area contributed by atoms with Crippen LogP contribution in [0.15, 0.2) is 48.5 Å². The van der Waals surface area contributed by atoms with Gasteiger partial charge in [-0.25, -0.2) is 4.79 Å². The second-order valence-electron chi connectivity index (χ2n) is 9.18. The number of aliphatic carboxylic acids is 1. The highest BCUT2D eigenvalue weighted by Crippen LogP contribution is 2.44. The molecule has 2 aliphatic rings. The van der Waals surface area contributed by atoms with Gasteiger partial charge in [-0.1, -0.05) is 55.5 Å². The van der Waals surface area contributed by atoms with E-state index in [-0.39, 0.29) is 43.2 Å². The van der Waals surface area contributed by atoms with E-state index >= 15 is 0 Å². The Morgan fingerprint density at radius 2 is 1.74 bits per heavy atom. The molecule has 1 aliphatic heterocycles. The van der Waals surface area contributed by atoms with E-state index < -0.39 is 12.1 Å². The number of alkyl carbamates (subject to hydrolysis) is 1. The van der Waals surface area contributed by atoms with Crippen LogP contribution in [0.1, 0.15) is 49.7 Å². The quantitative estimate of drug-likeness (QED) is 0.578. The SMILES string of the molecule is CCC(CNC(=O)OCC1c2ccccc2-c2ccccc21)C(=O)N1CCC(CCC(=O)O)C1. The smallest absolute Gasteiger partial charge is 0.407 e. The highest BCUT2D eigenvalue weighted by Gasteiger charge is 2.31. The molecule has 0 spiro atoms. The molecule has 1 saturated heterocycles. The van der Waals surface area contributed by atoms with E-state index in [4.69, 9.17) is 9.84 Å². The summed E-state index contributed by atoms with van der Waals surface area (Å²) in [7, 11) is 0. The van der Waals surface area contributed by atoms with Crippen molar-refractivity contribution >= 4 is 18.0 Å². The highest BCUT2D eigenvalue weighted by atomic mass is 16.5. The van der Waals surface area contributed by atoms with Crippen molar-refractivity contribution in [1.82, 2.24) is 10.2 Å². The number of amides is 2. The highest BCUT2D eigenvalue weighted by molar-refractivity contribution is 5.80. The van der Waals surface area contributed by atoms with Gasteiger partial charge in [-0.15, -0.1) is 0 Å². The normalized spacial score (nSPS) is 17.7. The number of hydrogen-bond donors (Lipinski definition) is 2. The molecular formula is C27H32N2O5. The predicted octanol–water partition coefficient (Wildman–Crippen LogP) is 4.26. The third-order valence-electron chi connectivity index (χ3n) is 7.04. The van der Waals surface area contributed by atoms with Crippen LogP contribution in [0.5, 0.6) is 0 Å². The summed E-state index contributed by atoms with van der Waals surface area (Å²) >= 11 is 0. The van der Waals surface area contributed by atoms with Crippen LogP contribution >= 0.6 is 0 Å². The molecule has 1 heterocycles. The van der Waals surface area contributed by atoms with Gasteiger partial charge in [-0.2, -0.15) is 0 Å². The van der Waals surface area contributed by atoms with Gasteiger partial charge in [0.1, 0.15) is 6.61 Å². The van der Waals surface area contributed by atoms with Crippen molar-refractivity contribution in [3.05, 3.63) is 59.7 Å². The summed E-state index contributed by atoms with van der Waals surface area (Å²) in [4.78, 5) is 38.0. The van der Waals surface area contributed by atoms with Gasteiger partial charge in [0.05, 0.1) is 5.92 Å². The van der Waals surface area contributed by atoms with Gasteiger partial charge in [0.25, 0.3) is 0 Å². The fourth-order valence-corrected chi connectivity index (χ4v) is 5.12. The Morgan fingerprint density at radius 1 is 1.09 bits per heavy atom. The molecule has 34 heavy (non-hydrogen) atoms. The van der Waals surface area contributed by atoms with Gasteiger partial charge in [-0.3, -0.25) is 9.59 Å². The summed E-state index contributed by atoms with van der Waals surface area (Å²) in [5.74, 6) is -0.886. The molecule has 4 rings (SSSR count). The lowest BCUT2D eigenvalue weighted by Crippen LogP contribution is -2.40. The first-order valence-corrected chi connectivity index (χ1v) is 12.1. The zero-order chi connectivity index (χ0) is 24.1. The number of hydrogen-bond acceptors (Lipinski definition) is 4. The number of benzene rings is 2. The molecule has 180 valence electrons. The monoisotopic (exact) mass is 464 g/mol. The van der Waals surface area contributed by atoms with Crippen LogP contribution in [0.2, 0.25) is 0 Å². The fraction of sp³-hybridized carbons (Fsp3) is 0.444. The minimum absolute atomic E-state index is 0.00547. The van der Waals surface area contributed by atoms with Crippen LogP contribution < -0.4 is 5.32 Å². The van der Waals surface area contributed by atoms with Gasteiger partial charge < -0.3 is 20.1 Å². The van der Waals surface area contributed by atoms with Crippen LogP contribution in [-0.4, -0.2) is 54.2 Å². The first kappa shape index (κ1) is 23.8. The predicted molar refractivity (Wildman–Crippen MR) is 128 cm³/mol. The Hall–Kier alpha value is -3.35. The first-order chi connectivity index (χ1) is 16.5. The molecule has 2 N–H and O–H groups in total. The second-order valence-corrected chi connectivity index (χ2v) is 9.18. The van der Waals surface area contributed by atoms with Crippen molar-refractivity contribution < 1.29 is 24.2 Å². The number of nitrogens with one attached hydrogen (secondary N) is 1. The third-order valence-corrected chi connectivity index (χ3v) is 7.04. The molecular weight excluding hydrogens is 432 g/mol. The maximum absolute atomic E-state index is 12.9. The van der Waals surface area contributed by atoms with Crippen molar-refractivity contribution in [1.29, 1.82) is 0 Å². The van der Waals surface area contributed by atoms with Crippen molar-refractivity contribution in [2.24, 2.45) is 11.8 Å². The maximum atomic E-state index is 12.9. The minimum atomic E-state index is -0.802. The van der Waals surface area contributed by atoms with Crippen LogP contribution in [0, 0.1) is 11.8 Å². The number of ether oxygens (including phenoxy) is 1. The average molecular weight is 465 g/mol. The van der Waals surface area contributed by atoms with E-state index in [1.807, 2.05) is 31.2 Å². The number of rotatable bonds is 9. The molecule has 0 saturated carbocycles. The summed E-state index contributed by atoms with van der Waals surface area (Å²) in [6.45, 7) is 3.63. The zero-order valence-electron chi connectivity index (χ0n) is 19.5. The van der Waals surface area contributed by atoms with E-state index in [1.165, 1.54) is 11.1 Å². The maximum Gasteiger partial charge on any atom is 0.407 e. The Kier molecular flexibility index (Phi) is 7.50. The Balaban J connectivity index is 1.27. The summed E-state index contributed by atoms with van der Waals surface area (Å²) < 4.78 is 5.58. The molecule has 7 heteroatoms. The van der Waals surface area contributed by atoms with Crippen LogP contribution in [0.25, 0.3) is 11.1 Å². The summed E-state index contributed by atoms with van der Waals surface area (Å²) in [6.07, 6.45) is 1.64. The number of carbonyl (C=O) groups excluding carboxylic acids is 2. The number of carbonyl (C=O) groups is 3. The van der Waals surface area contributed by atoms with Gasteiger partial charge >= 0.3 is 12.1 Å². The Bertz CT molecular complexity index is 1010. The molecule has 2 amide bonds. The van der Waals surface area contributed by atoms with Crippen molar-refractivity contribution in [2.75, 3.05) is 26.2 Å². The Labute approximate surface area is 200 Å². The number of fused-ring (bicyclic) bond motifs is 3. The molecule has 1 aliphatic carbocycles. The van der Waals surface area contributed by atoms with Crippen LogP contribution in [-0.2, 0) is 14.3 Å². The van der Waals surface area contributed by atoms with Gasteiger partial charge in [-0.05, 0) is 47.4 Å². The van der Waals surface area contributed by atoms with E-state index in [0.717, 1.165) is 17.5 Å². The molecule has 0 bridgehead atoms.